The minimum atomic E-state index is 0.249. The molecule has 0 spiro atoms. The van der Waals surface area contributed by atoms with E-state index in [1.165, 1.54) is 47.9 Å². The fraction of sp³-hybridized carbons (Fsp3) is 0.517. The lowest BCUT2D eigenvalue weighted by Crippen LogP contribution is -2.34. The van der Waals surface area contributed by atoms with Crippen LogP contribution in [0, 0.1) is 6.92 Å². The van der Waals surface area contributed by atoms with Gasteiger partial charge in [-0.15, -0.1) is 0 Å². The lowest BCUT2D eigenvalue weighted by molar-refractivity contribution is 0.331. The molecule has 0 aliphatic heterocycles. The van der Waals surface area contributed by atoms with Crippen LogP contribution in [0.5, 0.6) is 0 Å². The Morgan fingerprint density at radius 3 is 2.13 bits per heavy atom. The van der Waals surface area contributed by atoms with Gasteiger partial charge < -0.3 is 5.32 Å². The maximum absolute atomic E-state index is 3.56. The molecule has 0 radical (unpaired) electrons. The van der Waals surface area contributed by atoms with E-state index in [1.54, 1.807) is 11.1 Å². The van der Waals surface area contributed by atoms with Crippen LogP contribution < -0.4 is 5.32 Å². The Bertz CT molecular complexity index is 868. The normalized spacial score (nSPS) is 17.3. The van der Waals surface area contributed by atoms with Gasteiger partial charge in [-0.3, -0.25) is 0 Å². The van der Waals surface area contributed by atoms with Crippen molar-refractivity contribution in [2.45, 2.75) is 84.5 Å². The number of hydrogen-bond donors (Lipinski definition) is 1. The Morgan fingerprint density at radius 1 is 0.867 bits per heavy atom. The summed E-state index contributed by atoms with van der Waals surface area (Å²) in [5, 5.41) is 3.56. The Labute approximate surface area is 185 Å². The van der Waals surface area contributed by atoms with E-state index in [4.69, 9.17) is 0 Å². The fourth-order valence-electron chi connectivity index (χ4n) is 4.62. The minimum Gasteiger partial charge on any atom is -0.317 e. The Balaban J connectivity index is 1.96. The van der Waals surface area contributed by atoms with Crippen molar-refractivity contribution in [2.75, 3.05) is 13.1 Å². The summed E-state index contributed by atoms with van der Waals surface area (Å²) in [5.74, 6) is 0. The fourth-order valence-corrected chi connectivity index (χ4v) is 4.62. The maximum atomic E-state index is 3.56. The Kier molecular flexibility index (Phi) is 7.24. The van der Waals surface area contributed by atoms with Crippen LogP contribution in [0.15, 0.2) is 36.4 Å². The van der Waals surface area contributed by atoms with Crippen LogP contribution in [0.4, 0.5) is 0 Å². The monoisotopic (exact) mass is 403 g/mol. The van der Waals surface area contributed by atoms with Crippen LogP contribution in [0.2, 0.25) is 0 Å². The van der Waals surface area contributed by atoms with Gasteiger partial charge >= 0.3 is 0 Å². The van der Waals surface area contributed by atoms with Crippen molar-refractivity contribution in [1.82, 2.24) is 5.32 Å². The summed E-state index contributed by atoms with van der Waals surface area (Å²) >= 11 is 0. The third kappa shape index (κ3) is 5.43. The van der Waals surface area contributed by atoms with Crippen molar-refractivity contribution >= 4 is 12.2 Å². The van der Waals surface area contributed by atoms with Gasteiger partial charge in [0.1, 0.15) is 0 Å². The smallest absolute Gasteiger partial charge is 0.00457 e. The summed E-state index contributed by atoms with van der Waals surface area (Å²) in [7, 11) is 0. The summed E-state index contributed by atoms with van der Waals surface area (Å²) in [4.78, 5) is 0. The van der Waals surface area contributed by atoms with E-state index in [0.29, 0.717) is 0 Å². The predicted octanol–water partition coefficient (Wildman–Crippen LogP) is 7.45. The molecule has 0 heterocycles. The molecule has 162 valence electrons. The van der Waals surface area contributed by atoms with Gasteiger partial charge in [0.15, 0.2) is 0 Å². The van der Waals surface area contributed by atoms with E-state index in [2.05, 4.69) is 95.4 Å². The molecule has 1 N–H and O–H groups in total. The topological polar surface area (TPSA) is 12.0 Å². The van der Waals surface area contributed by atoms with E-state index >= 15 is 0 Å². The first-order chi connectivity index (χ1) is 14.2. The zero-order valence-corrected chi connectivity index (χ0v) is 20.1. The molecular weight excluding hydrogens is 362 g/mol. The minimum absolute atomic E-state index is 0.249. The Morgan fingerprint density at radius 2 is 1.50 bits per heavy atom. The van der Waals surface area contributed by atoms with Crippen LogP contribution in [0.1, 0.15) is 93.7 Å². The number of nitrogens with one attached hydrogen (secondary N) is 1. The van der Waals surface area contributed by atoms with Crippen LogP contribution in [0.3, 0.4) is 0 Å². The SMILES string of the molecule is CCCNCCCc1cc2c(cc1/C=C/c1ccc(C)cc1)C(C)(C)CCC2(C)C. The van der Waals surface area contributed by atoms with Crippen LogP contribution in [0.25, 0.3) is 12.2 Å². The van der Waals surface area contributed by atoms with Gasteiger partial charge in [0.2, 0.25) is 0 Å². The van der Waals surface area contributed by atoms with Crippen molar-refractivity contribution in [3.63, 3.8) is 0 Å². The van der Waals surface area contributed by atoms with Crippen LogP contribution in [-0.2, 0) is 17.3 Å². The average molecular weight is 404 g/mol. The molecule has 1 heteroatoms. The molecule has 0 atom stereocenters. The third-order valence-corrected chi connectivity index (χ3v) is 6.87. The summed E-state index contributed by atoms with van der Waals surface area (Å²) in [6, 6.07) is 13.9. The largest absolute Gasteiger partial charge is 0.317 e. The van der Waals surface area contributed by atoms with E-state index < -0.39 is 0 Å². The van der Waals surface area contributed by atoms with E-state index in [0.717, 1.165) is 19.5 Å². The molecule has 30 heavy (non-hydrogen) atoms. The molecule has 2 aromatic rings. The number of hydrogen-bond acceptors (Lipinski definition) is 1. The van der Waals surface area contributed by atoms with Crippen molar-refractivity contribution in [3.05, 3.63) is 69.8 Å². The molecule has 0 amide bonds. The zero-order chi connectivity index (χ0) is 21.8. The highest BCUT2D eigenvalue weighted by atomic mass is 14.8. The van der Waals surface area contributed by atoms with E-state index in [1.807, 2.05) is 0 Å². The average Bonchev–Trinajstić information content (AvgIpc) is 2.71. The molecule has 1 nitrogen and oxygen atoms in total. The van der Waals surface area contributed by atoms with Crippen molar-refractivity contribution in [3.8, 4) is 0 Å². The zero-order valence-electron chi connectivity index (χ0n) is 20.1. The van der Waals surface area contributed by atoms with Crippen LogP contribution in [-0.4, -0.2) is 13.1 Å². The Hall–Kier alpha value is -1.86. The number of aryl methyl sites for hydroxylation is 2. The summed E-state index contributed by atoms with van der Waals surface area (Å²) in [6.07, 6.45) is 10.7. The molecule has 3 rings (SSSR count). The van der Waals surface area contributed by atoms with Gasteiger partial charge in [0.05, 0.1) is 0 Å². The third-order valence-electron chi connectivity index (χ3n) is 6.87. The van der Waals surface area contributed by atoms with Crippen LogP contribution >= 0.6 is 0 Å². The second-order valence-corrected chi connectivity index (χ2v) is 10.5. The van der Waals surface area contributed by atoms with E-state index in [9.17, 15) is 0 Å². The predicted molar refractivity (Wildman–Crippen MR) is 133 cm³/mol. The summed E-state index contributed by atoms with van der Waals surface area (Å²) in [5.41, 5.74) is 9.12. The van der Waals surface area contributed by atoms with Gasteiger partial charge in [0, 0.05) is 0 Å². The first kappa shape index (κ1) is 22.8. The second-order valence-electron chi connectivity index (χ2n) is 10.5. The lowest BCUT2D eigenvalue weighted by atomic mass is 9.62. The number of fused-ring (bicyclic) bond motifs is 1. The second kappa shape index (κ2) is 9.52. The molecule has 0 saturated carbocycles. The highest BCUT2D eigenvalue weighted by Gasteiger charge is 2.37. The quantitative estimate of drug-likeness (QED) is 0.356. The molecular formula is C29H41N. The van der Waals surface area contributed by atoms with Crippen molar-refractivity contribution < 1.29 is 0 Å². The summed E-state index contributed by atoms with van der Waals surface area (Å²) < 4.78 is 0. The van der Waals surface area contributed by atoms with Crippen molar-refractivity contribution in [2.24, 2.45) is 0 Å². The molecule has 0 unspecified atom stereocenters. The standard InChI is InChI=1S/C29H41N/c1-7-18-30-19-8-9-24-20-26-27(29(5,6)17-16-28(26,3)4)21-25(24)15-14-23-12-10-22(2)11-13-23/h10-15,20-21,30H,7-9,16-19H2,1-6H3/b15-14+. The molecule has 2 aromatic carbocycles. The first-order valence-corrected chi connectivity index (χ1v) is 11.9. The molecule has 1 aliphatic carbocycles. The molecule has 0 aromatic heterocycles. The molecule has 0 bridgehead atoms. The molecule has 1 aliphatic rings. The van der Waals surface area contributed by atoms with Gasteiger partial charge in [-0.2, -0.15) is 0 Å². The van der Waals surface area contributed by atoms with Gasteiger partial charge in [-0.05, 0) is 90.8 Å². The van der Waals surface area contributed by atoms with E-state index in [-0.39, 0.29) is 10.8 Å². The van der Waals surface area contributed by atoms with Crippen molar-refractivity contribution in [1.29, 1.82) is 0 Å². The first-order valence-electron chi connectivity index (χ1n) is 11.9. The highest BCUT2D eigenvalue weighted by Crippen LogP contribution is 2.46. The van der Waals surface area contributed by atoms with Gasteiger partial charge in [0.25, 0.3) is 0 Å². The number of rotatable bonds is 8. The van der Waals surface area contributed by atoms with Gasteiger partial charge in [-0.25, -0.2) is 0 Å². The van der Waals surface area contributed by atoms with Gasteiger partial charge in [-0.1, -0.05) is 88.7 Å². The molecule has 0 fully saturated rings. The number of benzene rings is 2. The summed E-state index contributed by atoms with van der Waals surface area (Å²) in [6.45, 7) is 16.3. The molecule has 0 saturated heterocycles. The lowest BCUT2D eigenvalue weighted by Gasteiger charge is -2.42. The maximum Gasteiger partial charge on any atom is -0.00457 e. The highest BCUT2D eigenvalue weighted by molar-refractivity contribution is 5.72.